The minimum absolute atomic E-state index is 0.142. The Hall–Kier alpha value is -0.570. The SMILES string of the molecule is CCCCCCCOC(=O)CC(O)CCC. The molecule has 0 radical (unpaired) electrons. The molecule has 1 unspecified atom stereocenters. The Morgan fingerprint density at radius 1 is 1.12 bits per heavy atom. The van der Waals surface area contributed by atoms with Gasteiger partial charge < -0.3 is 9.84 Å². The first kappa shape index (κ1) is 15.4. The number of aliphatic hydroxyl groups is 1. The minimum Gasteiger partial charge on any atom is -0.466 e. The summed E-state index contributed by atoms with van der Waals surface area (Å²) < 4.78 is 5.04. The highest BCUT2D eigenvalue weighted by atomic mass is 16.5. The zero-order valence-electron chi connectivity index (χ0n) is 10.7. The summed E-state index contributed by atoms with van der Waals surface area (Å²) in [4.78, 5) is 11.2. The van der Waals surface area contributed by atoms with E-state index in [2.05, 4.69) is 6.92 Å². The van der Waals surface area contributed by atoms with E-state index in [-0.39, 0.29) is 12.4 Å². The summed E-state index contributed by atoms with van der Waals surface area (Å²) in [7, 11) is 0. The van der Waals surface area contributed by atoms with Crippen molar-refractivity contribution >= 4 is 5.97 Å². The van der Waals surface area contributed by atoms with Gasteiger partial charge in [0.25, 0.3) is 0 Å². The molecule has 0 rings (SSSR count). The average molecular weight is 230 g/mol. The molecule has 0 aromatic carbocycles. The molecule has 0 saturated carbocycles. The fraction of sp³-hybridized carbons (Fsp3) is 0.923. The zero-order valence-corrected chi connectivity index (χ0v) is 10.7. The molecule has 0 aliphatic heterocycles. The molecule has 0 bridgehead atoms. The average Bonchev–Trinajstić information content (AvgIpc) is 2.23. The maximum absolute atomic E-state index is 11.2. The molecule has 0 aliphatic carbocycles. The van der Waals surface area contributed by atoms with E-state index >= 15 is 0 Å². The quantitative estimate of drug-likeness (QED) is 0.463. The fourth-order valence-electron chi connectivity index (χ4n) is 1.58. The second-order valence-electron chi connectivity index (χ2n) is 4.28. The predicted octanol–water partition coefficient (Wildman–Crippen LogP) is 3.05. The molecule has 0 saturated heterocycles. The first-order valence-corrected chi connectivity index (χ1v) is 6.54. The maximum Gasteiger partial charge on any atom is 0.308 e. The highest BCUT2D eigenvalue weighted by Crippen LogP contribution is 2.05. The molecule has 16 heavy (non-hydrogen) atoms. The first-order chi connectivity index (χ1) is 7.70. The van der Waals surface area contributed by atoms with Gasteiger partial charge in [-0.15, -0.1) is 0 Å². The van der Waals surface area contributed by atoms with Gasteiger partial charge in [-0.2, -0.15) is 0 Å². The molecule has 0 fully saturated rings. The molecule has 3 nitrogen and oxygen atoms in total. The number of hydrogen-bond donors (Lipinski definition) is 1. The van der Waals surface area contributed by atoms with Gasteiger partial charge in [0, 0.05) is 0 Å². The number of esters is 1. The van der Waals surface area contributed by atoms with Crippen molar-refractivity contribution in [1.82, 2.24) is 0 Å². The van der Waals surface area contributed by atoms with Gasteiger partial charge in [0.2, 0.25) is 0 Å². The third kappa shape index (κ3) is 9.97. The van der Waals surface area contributed by atoms with E-state index in [9.17, 15) is 9.90 Å². The van der Waals surface area contributed by atoms with Crippen LogP contribution >= 0.6 is 0 Å². The van der Waals surface area contributed by atoms with Crippen molar-refractivity contribution in [1.29, 1.82) is 0 Å². The van der Waals surface area contributed by atoms with Crippen LogP contribution in [0.1, 0.15) is 65.2 Å². The fourth-order valence-corrected chi connectivity index (χ4v) is 1.58. The predicted molar refractivity (Wildman–Crippen MR) is 65.2 cm³/mol. The number of rotatable bonds is 10. The number of carbonyl (C=O) groups is 1. The van der Waals surface area contributed by atoms with Crippen molar-refractivity contribution in [2.45, 2.75) is 71.3 Å². The van der Waals surface area contributed by atoms with Gasteiger partial charge in [0.15, 0.2) is 0 Å². The van der Waals surface area contributed by atoms with E-state index in [1.807, 2.05) is 6.92 Å². The van der Waals surface area contributed by atoms with Crippen molar-refractivity contribution in [2.24, 2.45) is 0 Å². The Bertz CT molecular complexity index is 169. The smallest absolute Gasteiger partial charge is 0.308 e. The van der Waals surface area contributed by atoms with Crippen molar-refractivity contribution in [3.8, 4) is 0 Å². The van der Waals surface area contributed by atoms with Crippen molar-refractivity contribution in [3.63, 3.8) is 0 Å². The summed E-state index contributed by atoms with van der Waals surface area (Å²) >= 11 is 0. The minimum atomic E-state index is -0.530. The molecular formula is C13H26O3. The lowest BCUT2D eigenvalue weighted by atomic mass is 10.1. The summed E-state index contributed by atoms with van der Waals surface area (Å²) in [5.74, 6) is -0.267. The summed E-state index contributed by atoms with van der Waals surface area (Å²) in [6.07, 6.45) is 6.94. The van der Waals surface area contributed by atoms with Crippen LogP contribution in [0, 0.1) is 0 Å². The number of hydrogen-bond acceptors (Lipinski definition) is 3. The number of carbonyl (C=O) groups excluding carboxylic acids is 1. The largest absolute Gasteiger partial charge is 0.466 e. The highest BCUT2D eigenvalue weighted by Gasteiger charge is 2.10. The van der Waals surface area contributed by atoms with E-state index in [4.69, 9.17) is 4.74 Å². The van der Waals surface area contributed by atoms with E-state index < -0.39 is 6.10 Å². The summed E-state index contributed by atoms with van der Waals surface area (Å²) in [6.45, 7) is 4.67. The van der Waals surface area contributed by atoms with Crippen LogP contribution in [0.25, 0.3) is 0 Å². The van der Waals surface area contributed by atoms with E-state index in [1.165, 1.54) is 19.3 Å². The number of aliphatic hydroxyl groups excluding tert-OH is 1. The summed E-state index contributed by atoms with van der Waals surface area (Å²) in [6, 6.07) is 0. The lowest BCUT2D eigenvalue weighted by molar-refractivity contribution is -0.146. The highest BCUT2D eigenvalue weighted by molar-refractivity contribution is 5.69. The van der Waals surface area contributed by atoms with Gasteiger partial charge in [-0.25, -0.2) is 0 Å². The Labute approximate surface area is 99.2 Å². The molecular weight excluding hydrogens is 204 g/mol. The van der Waals surface area contributed by atoms with E-state index in [1.54, 1.807) is 0 Å². The van der Waals surface area contributed by atoms with Crippen LogP contribution in [-0.4, -0.2) is 23.8 Å². The van der Waals surface area contributed by atoms with E-state index in [0.717, 1.165) is 19.3 Å². The molecule has 0 aromatic rings. The van der Waals surface area contributed by atoms with Gasteiger partial charge in [0.05, 0.1) is 19.1 Å². The van der Waals surface area contributed by atoms with Gasteiger partial charge in [-0.3, -0.25) is 4.79 Å². The van der Waals surface area contributed by atoms with Crippen LogP contribution < -0.4 is 0 Å². The number of ether oxygens (including phenoxy) is 1. The normalized spacial score (nSPS) is 12.4. The van der Waals surface area contributed by atoms with Crippen molar-refractivity contribution in [3.05, 3.63) is 0 Å². The van der Waals surface area contributed by atoms with Gasteiger partial charge in [-0.05, 0) is 12.8 Å². The molecule has 0 aliphatic rings. The van der Waals surface area contributed by atoms with Crippen LogP contribution in [0.4, 0.5) is 0 Å². The Kier molecular flexibility index (Phi) is 10.5. The van der Waals surface area contributed by atoms with Crippen molar-refractivity contribution < 1.29 is 14.6 Å². The molecule has 96 valence electrons. The molecule has 1 atom stereocenters. The Balaban J connectivity index is 3.30. The van der Waals surface area contributed by atoms with Gasteiger partial charge in [-0.1, -0.05) is 46.0 Å². The van der Waals surface area contributed by atoms with E-state index in [0.29, 0.717) is 13.0 Å². The lowest BCUT2D eigenvalue weighted by Gasteiger charge is -2.09. The molecule has 0 amide bonds. The lowest BCUT2D eigenvalue weighted by Crippen LogP contribution is -2.15. The molecule has 0 heterocycles. The monoisotopic (exact) mass is 230 g/mol. The Morgan fingerprint density at radius 2 is 1.81 bits per heavy atom. The second kappa shape index (κ2) is 10.9. The second-order valence-corrected chi connectivity index (χ2v) is 4.28. The van der Waals surface area contributed by atoms with Crippen LogP contribution in [0.3, 0.4) is 0 Å². The third-order valence-corrected chi connectivity index (χ3v) is 2.54. The summed E-state index contributed by atoms with van der Waals surface area (Å²) in [5.41, 5.74) is 0. The molecule has 0 spiro atoms. The molecule has 1 N–H and O–H groups in total. The number of unbranched alkanes of at least 4 members (excludes halogenated alkanes) is 4. The van der Waals surface area contributed by atoms with Crippen molar-refractivity contribution in [2.75, 3.05) is 6.61 Å². The third-order valence-electron chi connectivity index (χ3n) is 2.54. The van der Waals surface area contributed by atoms with Crippen LogP contribution in [-0.2, 0) is 9.53 Å². The van der Waals surface area contributed by atoms with Crippen LogP contribution in [0.15, 0.2) is 0 Å². The Morgan fingerprint density at radius 3 is 2.44 bits per heavy atom. The summed E-state index contributed by atoms with van der Waals surface area (Å²) in [5, 5.41) is 9.39. The molecule has 0 aromatic heterocycles. The zero-order chi connectivity index (χ0) is 12.2. The van der Waals surface area contributed by atoms with Crippen LogP contribution in [0.5, 0.6) is 0 Å². The van der Waals surface area contributed by atoms with Crippen LogP contribution in [0.2, 0.25) is 0 Å². The standard InChI is InChI=1S/C13H26O3/c1-3-5-6-7-8-10-16-13(15)11-12(14)9-4-2/h12,14H,3-11H2,1-2H3. The maximum atomic E-state index is 11.2. The molecule has 3 heteroatoms. The topological polar surface area (TPSA) is 46.5 Å². The van der Waals surface area contributed by atoms with Gasteiger partial charge >= 0.3 is 5.97 Å². The van der Waals surface area contributed by atoms with Gasteiger partial charge in [0.1, 0.15) is 0 Å². The first-order valence-electron chi connectivity index (χ1n) is 6.54.